The van der Waals surface area contributed by atoms with E-state index in [9.17, 15) is 13.5 Å². The average molecular weight is 403 g/mol. The second-order valence-electron chi connectivity index (χ2n) is 6.72. The highest BCUT2D eigenvalue weighted by Gasteiger charge is 2.27. The van der Waals surface area contributed by atoms with E-state index in [2.05, 4.69) is 34.9 Å². The lowest BCUT2D eigenvalue weighted by atomic mass is 10.2. The van der Waals surface area contributed by atoms with E-state index >= 15 is 0 Å². The number of anilines is 4. The Balaban J connectivity index is 1.67. The van der Waals surface area contributed by atoms with Gasteiger partial charge in [-0.2, -0.15) is 9.97 Å². The van der Waals surface area contributed by atoms with E-state index in [0.29, 0.717) is 28.8 Å². The predicted octanol–water partition coefficient (Wildman–Crippen LogP) is 1.43. The molecule has 0 spiro atoms. The number of hydrogen-bond acceptors (Lipinski definition) is 8. The van der Waals surface area contributed by atoms with E-state index in [1.54, 1.807) is 30.6 Å². The highest BCUT2D eigenvalue weighted by Crippen LogP contribution is 2.30. The summed E-state index contributed by atoms with van der Waals surface area (Å²) in [6.45, 7) is 0.852. The van der Waals surface area contributed by atoms with Gasteiger partial charge in [0, 0.05) is 12.2 Å². The van der Waals surface area contributed by atoms with Gasteiger partial charge in [-0.1, -0.05) is 6.07 Å². The fraction of sp³-hybridized carbons (Fsp3) is 0.353. The minimum absolute atomic E-state index is 0.0107. The Morgan fingerprint density at radius 2 is 2.14 bits per heavy atom. The summed E-state index contributed by atoms with van der Waals surface area (Å²) in [6, 6.07) is 6.84. The molecule has 1 aliphatic heterocycles. The normalized spacial score (nSPS) is 17.2. The Labute approximate surface area is 162 Å². The summed E-state index contributed by atoms with van der Waals surface area (Å²) in [5.41, 5.74) is 2.31. The van der Waals surface area contributed by atoms with Crippen molar-refractivity contribution in [3.8, 4) is 0 Å². The summed E-state index contributed by atoms with van der Waals surface area (Å²) < 4.78 is 25.3. The van der Waals surface area contributed by atoms with Crippen molar-refractivity contribution >= 4 is 44.3 Å². The monoisotopic (exact) mass is 403 g/mol. The highest BCUT2D eigenvalue weighted by molar-refractivity contribution is 7.92. The molecule has 1 saturated heterocycles. The van der Waals surface area contributed by atoms with Gasteiger partial charge in [-0.25, -0.2) is 13.4 Å². The Hall–Kier alpha value is -2.92. The maximum Gasteiger partial charge on any atom is 0.231 e. The summed E-state index contributed by atoms with van der Waals surface area (Å²) >= 11 is 0. The number of aromatic nitrogens is 4. The van der Waals surface area contributed by atoms with E-state index in [1.165, 1.54) is 0 Å². The Morgan fingerprint density at radius 1 is 1.32 bits per heavy atom. The number of aliphatic hydroxyl groups is 1. The first-order valence-corrected chi connectivity index (χ1v) is 10.8. The van der Waals surface area contributed by atoms with E-state index in [0.717, 1.165) is 31.2 Å². The number of aliphatic hydroxyl groups excluding tert-OH is 1. The fourth-order valence-corrected chi connectivity index (χ4v) is 3.94. The standard InChI is InChI=1S/C17H21N7O3S/c1-28(26,27)23-12-5-2-4-11(8-12)20-17-21-15-14(18-10-19-15)16(22-17)24-7-3-6-13(24)9-25/h2,4-5,8,10,13,23,25H,3,6-7,9H2,1H3,(H2,18,19,20,21,22). The van der Waals surface area contributed by atoms with Gasteiger partial charge in [-0.15, -0.1) is 0 Å². The SMILES string of the molecule is CS(=O)(=O)Nc1cccc(Nc2nc(N3CCCC3CO)c3[nH]cnc3n2)c1. The molecular weight excluding hydrogens is 382 g/mol. The number of imidazole rings is 1. The summed E-state index contributed by atoms with van der Waals surface area (Å²) in [6.07, 6.45) is 4.54. The van der Waals surface area contributed by atoms with E-state index in [4.69, 9.17) is 0 Å². The topological polar surface area (TPSA) is 136 Å². The Bertz CT molecular complexity index is 1100. The summed E-state index contributed by atoms with van der Waals surface area (Å²) in [7, 11) is -3.37. The molecule has 0 amide bonds. The summed E-state index contributed by atoms with van der Waals surface area (Å²) in [5, 5.41) is 12.8. The first-order chi connectivity index (χ1) is 13.4. The zero-order valence-electron chi connectivity index (χ0n) is 15.3. The molecule has 0 radical (unpaired) electrons. The van der Waals surface area contributed by atoms with Crippen molar-refractivity contribution in [2.75, 3.05) is 34.3 Å². The molecule has 1 unspecified atom stereocenters. The van der Waals surface area contributed by atoms with Crippen LogP contribution in [0.3, 0.4) is 0 Å². The smallest absolute Gasteiger partial charge is 0.231 e. The quantitative estimate of drug-likeness (QED) is 0.485. The van der Waals surface area contributed by atoms with Gasteiger partial charge < -0.3 is 20.3 Å². The van der Waals surface area contributed by atoms with Crippen LogP contribution in [0, 0.1) is 0 Å². The van der Waals surface area contributed by atoms with Gasteiger partial charge in [-0.3, -0.25) is 4.72 Å². The molecule has 0 bridgehead atoms. The lowest BCUT2D eigenvalue weighted by molar-refractivity contribution is 0.266. The van der Waals surface area contributed by atoms with Gasteiger partial charge in [0.25, 0.3) is 0 Å². The van der Waals surface area contributed by atoms with Crippen molar-refractivity contribution in [2.45, 2.75) is 18.9 Å². The molecule has 0 saturated carbocycles. The molecule has 1 atom stereocenters. The minimum atomic E-state index is -3.37. The van der Waals surface area contributed by atoms with Gasteiger partial charge in [-0.05, 0) is 31.0 Å². The molecule has 1 aromatic carbocycles. The van der Waals surface area contributed by atoms with Gasteiger partial charge >= 0.3 is 0 Å². The Morgan fingerprint density at radius 3 is 2.93 bits per heavy atom. The molecule has 3 heterocycles. The largest absolute Gasteiger partial charge is 0.394 e. The second kappa shape index (κ2) is 7.24. The van der Waals surface area contributed by atoms with Crippen molar-refractivity contribution in [1.29, 1.82) is 0 Å². The third-order valence-electron chi connectivity index (χ3n) is 4.55. The number of aromatic amines is 1. The van der Waals surface area contributed by atoms with Crippen LogP contribution in [-0.2, 0) is 10.0 Å². The summed E-state index contributed by atoms with van der Waals surface area (Å²) in [4.78, 5) is 18.4. The average Bonchev–Trinajstić information content (AvgIpc) is 3.28. The Kier molecular flexibility index (Phi) is 4.77. The van der Waals surface area contributed by atoms with Gasteiger partial charge in [0.2, 0.25) is 16.0 Å². The van der Waals surface area contributed by atoms with Crippen molar-refractivity contribution in [3.63, 3.8) is 0 Å². The molecule has 11 heteroatoms. The molecule has 2 aromatic heterocycles. The zero-order chi connectivity index (χ0) is 19.7. The van der Waals surface area contributed by atoms with Crippen LogP contribution in [0.5, 0.6) is 0 Å². The highest BCUT2D eigenvalue weighted by atomic mass is 32.2. The van der Waals surface area contributed by atoms with E-state index in [-0.39, 0.29) is 12.6 Å². The number of sulfonamides is 1. The van der Waals surface area contributed by atoms with Crippen molar-refractivity contribution in [2.24, 2.45) is 0 Å². The number of hydrogen-bond donors (Lipinski definition) is 4. The van der Waals surface area contributed by atoms with Crippen LogP contribution in [0.2, 0.25) is 0 Å². The number of rotatable bonds is 6. The van der Waals surface area contributed by atoms with Crippen molar-refractivity contribution < 1.29 is 13.5 Å². The molecule has 3 aromatic rings. The number of fused-ring (bicyclic) bond motifs is 1. The van der Waals surface area contributed by atoms with Crippen molar-refractivity contribution in [3.05, 3.63) is 30.6 Å². The van der Waals surface area contributed by atoms with Crippen LogP contribution >= 0.6 is 0 Å². The minimum Gasteiger partial charge on any atom is -0.394 e. The molecule has 148 valence electrons. The maximum atomic E-state index is 11.4. The van der Waals surface area contributed by atoms with Gasteiger partial charge in [0.05, 0.1) is 30.9 Å². The van der Waals surface area contributed by atoms with Crippen LogP contribution in [-0.4, -0.2) is 58.9 Å². The van der Waals surface area contributed by atoms with Crippen molar-refractivity contribution in [1.82, 2.24) is 19.9 Å². The third-order valence-corrected chi connectivity index (χ3v) is 5.15. The molecular formula is C17H21N7O3S. The number of H-pyrrole nitrogens is 1. The van der Waals surface area contributed by atoms with Crippen LogP contribution in [0.15, 0.2) is 30.6 Å². The first-order valence-electron chi connectivity index (χ1n) is 8.86. The molecule has 10 nitrogen and oxygen atoms in total. The molecule has 4 rings (SSSR count). The number of benzene rings is 1. The first kappa shape index (κ1) is 18.4. The van der Waals surface area contributed by atoms with Crippen LogP contribution in [0.4, 0.5) is 23.1 Å². The van der Waals surface area contributed by atoms with E-state index < -0.39 is 10.0 Å². The molecule has 1 aliphatic rings. The van der Waals surface area contributed by atoms with Crippen LogP contribution < -0.4 is 14.9 Å². The van der Waals surface area contributed by atoms with Gasteiger partial charge in [0.1, 0.15) is 5.52 Å². The number of nitrogens with one attached hydrogen (secondary N) is 3. The second-order valence-corrected chi connectivity index (χ2v) is 8.47. The molecule has 1 fully saturated rings. The van der Waals surface area contributed by atoms with Gasteiger partial charge in [0.15, 0.2) is 11.5 Å². The molecule has 28 heavy (non-hydrogen) atoms. The third kappa shape index (κ3) is 3.85. The molecule has 0 aliphatic carbocycles. The lowest BCUT2D eigenvalue weighted by Crippen LogP contribution is -2.33. The maximum absolute atomic E-state index is 11.4. The zero-order valence-corrected chi connectivity index (χ0v) is 16.1. The summed E-state index contributed by atoms with van der Waals surface area (Å²) in [5.74, 6) is 1.03. The fourth-order valence-electron chi connectivity index (χ4n) is 3.39. The van der Waals surface area contributed by atoms with Crippen LogP contribution in [0.1, 0.15) is 12.8 Å². The molecule has 4 N–H and O–H groups in total. The lowest BCUT2D eigenvalue weighted by Gasteiger charge is -2.24. The van der Waals surface area contributed by atoms with Crippen LogP contribution in [0.25, 0.3) is 11.2 Å². The predicted molar refractivity (Wildman–Crippen MR) is 107 cm³/mol. The number of nitrogens with zero attached hydrogens (tertiary/aromatic N) is 4. The van der Waals surface area contributed by atoms with E-state index in [1.807, 2.05) is 0 Å².